The van der Waals surface area contributed by atoms with E-state index < -0.39 is 0 Å². The fraction of sp³-hybridized carbons (Fsp3) is 0.667. The van der Waals surface area contributed by atoms with Gasteiger partial charge in [-0.3, -0.25) is 0 Å². The van der Waals surface area contributed by atoms with Gasteiger partial charge in [-0.2, -0.15) is 0 Å². The standard InChI is InChI=1S/C21H32FN3O2.HI/c1-5-14(27-17-10-8-7-9-16(17)22)13-24-20(23-6-2)25-18-15-11-12-26-19(15)21(18,3)4;/h7-10,14-15,18-19H,5-6,11-13H2,1-4H3,(H2,23,24,25);1H. The van der Waals surface area contributed by atoms with Crippen LogP contribution in [0.3, 0.4) is 0 Å². The van der Waals surface area contributed by atoms with Gasteiger partial charge in [-0.25, -0.2) is 9.38 Å². The van der Waals surface area contributed by atoms with Crippen LogP contribution in [0.15, 0.2) is 29.3 Å². The van der Waals surface area contributed by atoms with E-state index >= 15 is 0 Å². The van der Waals surface area contributed by atoms with Crippen molar-refractivity contribution in [3.05, 3.63) is 30.1 Å². The van der Waals surface area contributed by atoms with E-state index in [1.807, 2.05) is 6.92 Å². The highest BCUT2D eigenvalue weighted by Gasteiger charge is 2.59. The molecule has 0 radical (unpaired) electrons. The Morgan fingerprint density at radius 1 is 1.36 bits per heavy atom. The Bertz CT molecular complexity index is 671. The van der Waals surface area contributed by atoms with Crippen LogP contribution in [0.4, 0.5) is 4.39 Å². The Morgan fingerprint density at radius 2 is 2.11 bits per heavy atom. The lowest BCUT2D eigenvalue weighted by Gasteiger charge is -2.54. The quantitative estimate of drug-likeness (QED) is 0.335. The molecule has 158 valence electrons. The van der Waals surface area contributed by atoms with Crippen molar-refractivity contribution in [2.75, 3.05) is 19.7 Å². The molecule has 0 aromatic heterocycles. The molecule has 3 rings (SSSR count). The molecule has 4 atom stereocenters. The molecule has 1 aromatic rings. The molecule has 1 saturated carbocycles. The Labute approximate surface area is 184 Å². The van der Waals surface area contributed by atoms with Gasteiger partial charge in [0, 0.05) is 30.5 Å². The fourth-order valence-corrected chi connectivity index (χ4v) is 4.25. The van der Waals surface area contributed by atoms with Crippen molar-refractivity contribution in [1.82, 2.24) is 10.6 Å². The van der Waals surface area contributed by atoms with Crippen molar-refractivity contribution < 1.29 is 13.9 Å². The number of benzene rings is 1. The van der Waals surface area contributed by atoms with Crippen LogP contribution >= 0.6 is 24.0 Å². The van der Waals surface area contributed by atoms with Crippen LogP contribution in [-0.4, -0.2) is 43.9 Å². The van der Waals surface area contributed by atoms with Crippen LogP contribution in [-0.2, 0) is 4.74 Å². The number of para-hydroxylation sites is 1. The molecule has 7 heteroatoms. The summed E-state index contributed by atoms with van der Waals surface area (Å²) in [4.78, 5) is 4.72. The topological polar surface area (TPSA) is 54.9 Å². The molecule has 0 bridgehead atoms. The van der Waals surface area contributed by atoms with Gasteiger partial charge < -0.3 is 20.1 Å². The van der Waals surface area contributed by atoms with Gasteiger partial charge in [0.25, 0.3) is 0 Å². The number of hydrogen-bond donors (Lipinski definition) is 2. The molecule has 5 nitrogen and oxygen atoms in total. The largest absolute Gasteiger partial charge is 0.485 e. The Hall–Kier alpha value is -1.09. The lowest BCUT2D eigenvalue weighted by atomic mass is 9.57. The fourth-order valence-electron chi connectivity index (χ4n) is 4.25. The van der Waals surface area contributed by atoms with Gasteiger partial charge in [0.05, 0.1) is 12.6 Å². The molecule has 0 spiro atoms. The molecule has 2 aliphatic rings. The van der Waals surface area contributed by atoms with E-state index in [-0.39, 0.29) is 47.1 Å². The minimum Gasteiger partial charge on any atom is -0.485 e. The van der Waals surface area contributed by atoms with E-state index in [0.29, 0.717) is 24.6 Å². The van der Waals surface area contributed by atoms with Gasteiger partial charge in [-0.15, -0.1) is 24.0 Å². The van der Waals surface area contributed by atoms with E-state index in [1.165, 1.54) is 6.07 Å². The molecule has 2 fully saturated rings. The first-order valence-corrected chi connectivity index (χ1v) is 10.0. The molecule has 1 aliphatic carbocycles. The van der Waals surface area contributed by atoms with Gasteiger partial charge >= 0.3 is 0 Å². The van der Waals surface area contributed by atoms with E-state index in [4.69, 9.17) is 14.5 Å². The van der Waals surface area contributed by atoms with Crippen molar-refractivity contribution in [1.29, 1.82) is 0 Å². The number of nitrogens with one attached hydrogen (secondary N) is 2. The van der Waals surface area contributed by atoms with Crippen LogP contribution in [0.5, 0.6) is 5.75 Å². The number of aliphatic imine (C=N–C) groups is 1. The average molecular weight is 505 g/mol. The summed E-state index contributed by atoms with van der Waals surface area (Å²) in [6.07, 6.45) is 2.02. The zero-order valence-electron chi connectivity index (χ0n) is 17.2. The lowest BCUT2D eigenvalue weighted by Crippen LogP contribution is -2.68. The first kappa shape index (κ1) is 23.2. The zero-order valence-corrected chi connectivity index (χ0v) is 19.5. The summed E-state index contributed by atoms with van der Waals surface area (Å²) in [5, 5.41) is 6.92. The van der Waals surface area contributed by atoms with E-state index in [0.717, 1.165) is 32.0 Å². The van der Waals surface area contributed by atoms with Gasteiger partial charge in [0.1, 0.15) is 6.10 Å². The second kappa shape index (κ2) is 10.1. The number of fused-ring (bicyclic) bond motifs is 1. The summed E-state index contributed by atoms with van der Waals surface area (Å²) >= 11 is 0. The number of guanidine groups is 1. The van der Waals surface area contributed by atoms with Crippen LogP contribution in [0.1, 0.15) is 40.5 Å². The molecule has 1 aromatic carbocycles. The van der Waals surface area contributed by atoms with Crippen molar-refractivity contribution in [3.63, 3.8) is 0 Å². The molecule has 0 amide bonds. The van der Waals surface area contributed by atoms with Gasteiger partial charge in [-0.1, -0.05) is 32.9 Å². The third-order valence-corrected chi connectivity index (χ3v) is 5.78. The maximum Gasteiger partial charge on any atom is 0.191 e. The van der Waals surface area contributed by atoms with E-state index in [9.17, 15) is 4.39 Å². The number of hydrogen-bond acceptors (Lipinski definition) is 3. The van der Waals surface area contributed by atoms with Gasteiger partial charge in [0.2, 0.25) is 0 Å². The third-order valence-electron chi connectivity index (χ3n) is 5.78. The third kappa shape index (κ3) is 4.90. The summed E-state index contributed by atoms with van der Waals surface area (Å²) in [5.41, 5.74) is 0.0885. The monoisotopic (exact) mass is 505 g/mol. The molecule has 1 heterocycles. The summed E-state index contributed by atoms with van der Waals surface area (Å²) in [6, 6.07) is 6.85. The number of rotatable bonds is 7. The number of nitrogens with zero attached hydrogens (tertiary/aromatic N) is 1. The first-order chi connectivity index (χ1) is 13.0. The highest BCUT2D eigenvalue weighted by Crippen LogP contribution is 2.52. The molecule has 4 unspecified atom stereocenters. The minimum atomic E-state index is -0.339. The maximum atomic E-state index is 13.8. The van der Waals surface area contributed by atoms with Crippen LogP contribution in [0, 0.1) is 17.2 Å². The van der Waals surface area contributed by atoms with E-state index in [1.54, 1.807) is 18.2 Å². The maximum absolute atomic E-state index is 13.8. The van der Waals surface area contributed by atoms with Crippen molar-refractivity contribution in [3.8, 4) is 5.75 Å². The highest BCUT2D eigenvalue weighted by molar-refractivity contribution is 14.0. The summed E-state index contributed by atoms with van der Waals surface area (Å²) in [7, 11) is 0. The van der Waals surface area contributed by atoms with Crippen molar-refractivity contribution in [2.45, 2.75) is 58.8 Å². The molecular weight excluding hydrogens is 472 g/mol. The Morgan fingerprint density at radius 3 is 2.79 bits per heavy atom. The van der Waals surface area contributed by atoms with Crippen molar-refractivity contribution >= 4 is 29.9 Å². The molecule has 1 saturated heterocycles. The Kier molecular flexibility index (Phi) is 8.36. The molecular formula is C21H33FIN3O2. The first-order valence-electron chi connectivity index (χ1n) is 10.0. The zero-order chi connectivity index (χ0) is 19.4. The van der Waals surface area contributed by atoms with Crippen LogP contribution < -0.4 is 15.4 Å². The minimum absolute atomic E-state index is 0. The summed E-state index contributed by atoms with van der Waals surface area (Å²) in [5.74, 6) is 1.27. The van der Waals surface area contributed by atoms with E-state index in [2.05, 4.69) is 31.4 Å². The molecule has 28 heavy (non-hydrogen) atoms. The second-order valence-corrected chi connectivity index (χ2v) is 7.99. The smallest absolute Gasteiger partial charge is 0.191 e. The van der Waals surface area contributed by atoms with Gasteiger partial charge in [0.15, 0.2) is 17.5 Å². The summed E-state index contributed by atoms with van der Waals surface area (Å²) in [6.45, 7) is 10.7. The number of halogens is 2. The van der Waals surface area contributed by atoms with Gasteiger partial charge in [-0.05, 0) is 31.9 Å². The summed E-state index contributed by atoms with van der Waals surface area (Å²) < 4.78 is 25.5. The SMILES string of the molecule is CCNC(=NCC(CC)Oc1ccccc1F)NC1C2CCOC2C1(C)C.I. The predicted octanol–water partition coefficient (Wildman–Crippen LogP) is 3.97. The van der Waals surface area contributed by atoms with Crippen LogP contribution in [0.25, 0.3) is 0 Å². The lowest BCUT2D eigenvalue weighted by molar-refractivity contribution is -0.106. The second-order valence-electron chi connectivity index (χ2n) is 7.99. The number of ether oxygens (including phenoxy) is 2. The molecule has 1 aliphatic heterocycles. The predicted molar refractivity (Wildman–Crippen MR) is 121 cm³/mol. The Balaban J connectivity index is 0.00000280. The van der Waals surface area contributed by atoms with Crippen molar-refractivity contribution in [2.24, 2.45) is 16.3 Å². The molecule has 2 N–H and O–H groups in total. The van der Waals surface area contributed by atoms with Crippen LogP contribution in [0.2, 0.25) is 0 Å². The average Bonchev–Trinajstić information content (AvgIpc) is 3.11. The normalized spacial score (nSPS) is 26.5. The highest BCUT2D eigenvalue weighted by atomic mass is 127.